The Kier molecular flexibility index (Phi) is 2.65. The summed E-state index contributed by atoms with van der Waals surface area (Å²) in [5.41, 5.74) is 1.51. The highest BCUT2D eigenvalue weighted by molar-refractivity contribution is 5.43. The van der Waals surface area contributed by atoms with Gasteiger partial charge in [-0.25, -0.2) is 9.50 Å². The largest absolute Gasteiger partial charge is 0.276 e. The van der Waals surface area contributed by atoms with E-state index in [1.165, 1.54) is 4.52 Å². The van der Waals surface area contributed by atoms with Crippen molar-refractivity contribution in [3.8, 4) is 0 Å². The zero-order chi connectivity index (χ0) is 13.7. The molecule has 4 nitrogen and oxygen atoms in total. The van der Waals surface area contributed by atoms with Crippen molar-refractivity contribution in [1.82, 2.24) is 14.6 Å². The third-order valence-corrected chi connectivity index (χ3v) is 3.03. The molecule has 0 spiro atoms. The normalized spacial score (nSPS) is 13.2. The first kappa shape index (κ1) is 12.9. The highest BCUT2D eigenvalue weighted by Gasteiger charge is 2.21. The predicted molar refractivity (Wildman–Crippen MR) is 73.2 cm³/mol. The van der Waals surface area contributed by atoms with Crippen molar-refractivity contribution >= 4 is 5.65 Å². The smallest absolute Gasteiger partial charge is 0.271 e. The number of H-pyrrole nitrogens is 1. The van der Waals surface area contributed by atoms with Gasteiger partial charge in [-0.1, -0.05) is 41.5 Å². The molecule has 0 aliphatic heterocycles. The van der Waals surface area contributed by atoms with E-state index in [4.69, 9.17) is 0 Å². The Morgan fingerprint density at radius 3 is 2.17 bits per heavy atom. The van der Waals surface area contributed by atoms with Crippen molar-refractivity contribution < 1.29 is 0 Å². The highest BCUT2D eigenvalue weighted by Crippen LogP contribution is 2.23. The standard InChI is InChI=1S/C14H21N3O/c1-13(2,3)9-7-10-15-12(14(4,5)6)16-17(10)11(18)8-9/h7-8H,1-6H3,(H,15,16). The van der Waals surface area contributed by atoms with E-state index in [1.54, 1.807) is 6.07 Å². The van der Waals surface area contributed by atoms with Crippen LogP contribution >= 0.6 is 0 Å². The number of hydrogen-bond donors (Lipinski definition) is 1. The van der Waals surface area contributed by atoms with E-state index in [0.29, 0.717) is 5.65 Å². The lowest BCUT2D eigenvalue weighted by Crippen LogP contribution is -2.20. The molecule has 0 aromatic carbocycles. The zero-order valence-corrected chi connectivity index (χ0v) is 12.0. The molecule has 2 rings (SSSR count). The van der Waals surface area contributed by atoms with Gasteiger partial charge >= 0.3 is 0 Å². The van der Waals surface area contributed by atoms with Crippen LogP contribution in [0.3, 0.4) is 0 Å². The third kappa shape index (κ3) is 2.19. The summed E-state index contributed by atoms with van der Waals surface area (Å²) < 4.78 is 1.51. The molecule has 18 heavy (non-hydrogen) atoms. The quantitative estimate of drug-likeness (QED) is 0.778. The van der Waals surface area contributed by atoms with E-state index in [-0.39, 0.29) is 16.4 Å². The second-order valence-corrected chi connectivity index (χ2v) is 6.85. The number of aromatic amines is 1. The summed E-state index contributed by atoms with van der Waals surface area (Å²) in [4.78, 5) is 16.6. The number of aromatic nitrogens is 3. The summed E-state index contributed by atoms with van der Waals surface area (Å²) >= 11 is 0. The van der Waals surface area contributed by atoms with Gasteiger partial charge in [-0.2, -0.15) is 0 Å². The topological polar surface area (TPSA) is 50.2 Å². The Bertz CT molecular complexity index is 636. The predicted octanol–water partition coefficient (Wildman–Crippen LogP) is 2.62. The van der Waals surface area contributed by atoms with Crippen molar-refractivity contribution in [2.45, 2.75) is 52.4 Å². The van der Waals surface area contributed by atoms with Gasteiger partial charge in [0.25, 0.3) is 5.56 Å². The summed E-state index contributed by atoms with van der Waals surface area (Å²) in [6, 6.07) is 3.66. The van der Waals surface area contributed by atoms with Crippen molar-refractivity contribution in [3.05, 3.63) is 33.9 Å². The molecule has 0 atom stereocenters. The summed E-state index contributed by atoms with van der Waals surface area (Å²) in [6.07, 6.45) is 0. The lowest BCUT2D eigenvalue weighted by Gasteiger charge is -2.18. The van der Waals surface area contributed by atoms with Crippen LogP contribution in [0.4, 0.5) is 0 Å². The number of rotatable bonds is 0. The first-order chi connectivity index (χ1) is 8.09. The van der Waals surface area contributed by atoms with Gasteiger partial charge in [-0.3, -0.25) is 9.89 Å². The van der Waals surface area contributed by atoms with Gasteiger partial charge in [0.1, 0.15) is 5.82 Å². The second-order valence-electron chi connectivity index (χ2n) is 6.85. The van der Waals surface area contributed by atoms with Gasteiger partial charge in [0.15, 0.2) is 5.65 Å². The van der Waals surface area contributed by atoms with Crippen molar-refractivity contribution in [1.29, 1.82) is 0 Å². The second kappa shape index (κ2) is 3.70. The Labute approximate surface area is 107 Å². The first-order valence-electron chi connectivity index (χ1n) is 6.23. The van der Waals surface area contributed by atoms with Gasteiger partial charge < -0.3 is 0 Å². The maximum atomic E-state index is 12.1. The van der Waals surface area contributed by atoms with Crippen LogP contribution in [-0.2, 0) is 10.8 Å². The molecule has 0 radical (unpaired) electrons. The number of nitrogens with zero attached hydrogens (tertiary/aromatic N) is 2. The molecule has 0 fully saturated rings. The van der Waals surface area contributed by atoms with Crippen molar-refractivity contribution in [2.24, 2.45) is 0 Å². The molecule has 0 saturated carbocycles. The van der Waals surface area contributed by atoms with E-state index in [9.17, 15) is 4.79 Å². The number of pyridine rings is 1. The molecule has 0 aliphatic rings. The van der Waals surface area contributed by atoms with Crippen LogP contribution < -0.4 is 5.56 Å². The minimum atomic E-state index is -0.0969. The molecule has 98 valence electrons. The molecule has 0 saturated heterocycles. The summed E-state index contributed by atoms with van der Waals surface area (Å²) in [7, 11) is 0. The molecule has 4 heteroatoms. The Morgan fingerprint density at radius 2 is 1.67 bits per heavy atom. The Hall–Kier alpha value is -1.58. The number of fused-ring (bicyclic) bond motifs is 1. The van der Waals surface area contributed by atoms with Crippen LogP contribution in [0.1, 0.15) is 52.9 Å². The number of nitrogens with one attached hydrogen (secondary N) is 1. The molecule has 0 aliphatic carbocycles. The third-order valence-electron chi connectivity index (χ3n) is 3.03. The monoisotopic (exact) mass is 247 g/mol. The van der Waals surface area contributed by atoms with E-state index in [0.717, 1.165) is 11.4 Å². The van der Waals surface area contributed by atoms with E-state index >= 15 is 0 Å². The minimum Gasteiger partial charge on any atom is -0.276 e. The molecule has 1 N–H and O–H groups in total. The van der Waals surface area contributed by atoms with Gasteiger partial charge in [0.05, 0.1) is 0 Å². The van der Waals surface area contributed by atoms with Crippen LogP contribution in [0.5, 0.6) is 0 Å². The van der Waals surface area contributed by atoms with Gasteiger partial charge in [0, 0.05) is 11.5 Å². The fourth-order valence-corrected chi connectivity index (χ4v) is 1.76. The first-order valence-corrected chi connectivity index (χ1v) is 6.23. The van der Waals surface area contributed by atoms with E-state index in [2.05, 4.69) is 51.6 Å². The highest BCUT2D eigenvalue weighted by atomic mass is 16.1. The van der Waals surface area contributed by atoms with Gasteiger partial charge in [-0.05, 0) is 17.0 Å². The molecular formula is C14H21N3O. The SMILES string of the molecule is CC(C)(C)c1cc(=O)n2[nH]c(C(C)(C)C)nc2c1. The molecule has 2 aromatic heterocycles. The lowest BCUT2D eigenvalue weighted by atomic mass is 9.88. The summed E-state index contributed by atoms with van der Waals surface area (Å²) in [6.45, 7) is 12.5. The Balaban J connectivity index is 2.71. The average Bonchev–Trinajstić information content (AvgIpc) is 2.59. The molecule has 0 amide bonds. The minimum absolute atomic E-state index is 0.0469. The van der Waals surface area contributed by atoms with E-state index < -0.39 is 0 Å². The maximum Gasteiger partial charge on any atom is 0.271 e. The van der Waals surface area contributed by atoms with Crippen LogP contribution in [0.25, 0.3) is 5.65 Å². The molecule has 0 unspecified atom stereocenters. The average molecular weight is 247 g/mol. The van der Waals surface area contributed by atoms with E-state index in [1.807, 2.05) is 6.07 Å². The lowest BCUT2D eigenvalue weighted by molar-refractivity contribution is 0.544. The number of hydrogen-bond acceptors (Lipinski definition) is 2. The van der Waals surface area contributed by atoms with Crippen LogP contribution in [0.2, 0.25) is 0 Å². The van der Waals surface area contributed by atoms with Crippen LogP contribution in [0.15, 0.2) is 16.9 Å². The van der Waals surface area contributed by atoms with Crippen LogP contribution in [-0.4, -0.2) is 14.6 Å². The summed E-state index contributed by atoms with van der Waals surface area (Å²) in [5.74, 6) is 0.825. The molecule has 2 heterocycles. The van der Waals surface area contributed by atoms with Gasteiger partial charge in [0.2, 0.25) is 0 Å². The maximum absolute atomic E-state index is 12.1. The summed E-state index contributed by atoms with van der Waals surface area (Å²) in [5, 5.41) is 3.08. The van der Waals surface area contributed by atoms with Crippen LogP contribution in [0, 0.1) is 0 Å². The van der Waals surface area contributed by atoms with Crippen molar-refractivity contribution in [2.75, 3.05) is 0 Å². The Morgan fingerprint density at radius 1 is 1.06 bits per heavy atom. The fourth-order valence-electron chi connectivity index (χ4n) is 1.76. The molecule has 0 bridgehead atoms. The zero-order valence-electron chi connectivity index (χ0n) is 12.0. The van der Waals surface area contributed by atoms with Gasteiger partial charge in [-0.15, -0.1) is 0 Å². The molecular weight excluding hydrogens is 226 g/mol. The molecule has 2 aromatic rings. The van der Waals surface area contributed by atoms with Crippen molar-refractivity contribution in [3.63, 3.8) is 0 Å². The fraction of sp³-hybridized carbons (Fsp3) is 0.571.